The van der Waals surface area contributed by atoms with Crippen LogP contribution in [0.15, 0.2) is 65.9 Å². The first-order valence-electron chi connectivity index (χ1n) is 23.9. The third kappa shape index (κ3) is 10.8. The van der Waals surface area contributed by atoms with Crippen LogP contribution in [-0.2, 0) is 44.4 Å². The summed E-state index contributed by atoms with van der Waals surface area (Å²) in [7, 11) is 3.79. The molecule has 7 rings (SSSR count). The molecule has 0 saturated carbocycles. The average Bonchev–Trinajstić information content (AvgIpc) is 3.79. The van der Waals surface area contributed by atoms with Crippen molar-refractivity contribution in [3.63, 3.8) is 0 Å². The van der Waals surface area contributed by atoms with Gasteiger partial charge in [0, 0.05) is 35.0 Å². The lowest BCUT2D eigenvalue weighted by molar-refractivity contribution is -0.296. The van der Waals surface area contributed by atoms with Crippen molar-refractivity contribution >= 4 is 57.6 Å². The molecule has 3 aromatic rings. The van der Waals surface area contributed by atoms with Gasteiger partial charge in [0.25, 0.3) is 0 Å². The lowest BCUT2D eigenvalue weighted by atomic mass is 9.73. The highest BCUT2D eigenvalue weighted by Gasteiger charge is 2.60. The first-order chi connectivity index (χ1) is 32.3. The van der Waals surface area contributed by atoms with E-state index in [9.17, 15) is 19.5 Å². The summed E-state index contributed by atoms with van der Waals surface area (Å²) in [4.78, 5) is 52.8. The summed E-state index contributed by atoms with van der Waals surface area (Å²) in [5, 5.41) is 22.5. The van der Waals surface area contributed by atoms with E-state index in [-0.39, 0.29) is 42.9 Å². The maximum absolute atomic E-state index is 14.7. The van der Waals surface area contributed by atoms with Crippen LogP contribution in [0.1, 0.15) is 90.0 Å². The smallest absolute Gasteiger partial charge is 0.410 e. The van der Waals surface area contributed by atoms with Crippen molar-refractivity contribution in [1.82, 2.24) is 9.80 Å². The number of carbonyl (C=O) groups excluding carboxylic acids is 3. The van der Waals surface area contributed by atoms with Gasteiger partial charge in [-0.05, 0) is 102 Å². The average molecular weight is 953 g/mol. The second-order valence-corrected chi connectivity index (χ2v) is 20.7. The molecule has 3 fully saturated rings. The number of hydrogen-bond donors (Lipinski definition) is 2. The summed E-state index contributed by atoms with van der Waals surface area (Å²) in [6, 6.07) is 17.2. The maximum Gasteiger partial charge on any atom is 0.410 e. The number of benzene rings is 2. The molecule has 4 aliphatic rings. The number of nitrogens with one attached hydrogen (secondary N) is 1. The van der Waals surface area contributed by atoms with E-state index in [1.165, 1.54) is 18.3 Å². The van der Waals surface area contributed by atoms with Crippen molar-refractivity contribution < 1.29 is 47.9 Å². The number of rotatable bonds is 10. The van der Waals surface area contributed by atoms with E-state index in [1.54, 1.807) is 18.1 Å². The summed E-state index contributed by atoms with van der Waals surface area (Å²) in [5.74, 6) is 2.55. The number of amides is 1. The van der Waals surface area contributed by atoms with E-state index in [1.807, 2.05) is 96.1 Å². The van der Waals surface area contributed by atoms with Crippen molar-refractivity contribution in [2.45, 2.75) is 135 Å². The molecule has 2 bridgehead atoms. The normalized spacial score (nSPS) is 33.6. The number of aliphatic hydroxyl groups excluding tert-OH is 1. The molecule has 0 aliphatic carbocycles. The van der Waals surface area contributed by atoms with E-state index in [4.69, 9.17) is 38.8 Å². The molecule has 15 heteroatoms. The van der Waals surface area contributed by atoms with Crippen LogP contribution in [0.3, 0.4) is 0 Å². The van der Waals surface area contributed by atoms with Gasteiger partial charge >= 0.3 is 12.1 Å². The van der Waals surface area contributed by atoms with Gasteiger partial charge < -0.3 is 38.4 Å². The van der Waals surface area contributed by atoms with E-state index >= 15 is 0 Å². The van der Waals surface area contributed by atoms with Crippen molar-refractivity contribution in [3.8, 4) is 11.8 Å². The minimum atomic E-state index is -1.29. The molecular weight excluding hydrogens is 885 g/mol. The number of Topliss-reactive ketones (excluding diaryl/α,β-unsaturated/α-hetero) is 1. The maximum atomic E-state index is 14.7. The molecule has 1 amide bonds. The van der Waals surface area contributed by atoms with Crippen molar-refractivity contribution in [3.05, 3.63) is 76.2 Å². The Morgan fingerprint density at radius 3 is 2.54 bits per heavy atom. The number of nitrogens with zero attached hydrogens (tertiary/aromatic N) is 3. The fourth-order valence-electron chi connectivity index (χ4n) is 10.9. The molecule has 366 valence electrons. The Hall–Kier alpha value is -4.95. The highest BCUT2D eigenvalue weighted by molar-refractivity contribution is 7.12. The van der Waals surface area contributed by atoms with Crippen LogP contribution in [0.5, 0.6) is 0 Å². The van der Waals surface area contributed by atoms with Crippen LogP contribution in [-0.4, -0.2) is 132 Å². The van der Waals surface area contributed by atoms with Crippen LogP contribution in [0.4, 0.5) is 4.79 Å². The van der Waals surface area contributed by atoms with Gasteiger partial charge in [0.05, 0.1) is 48.0 Å². The highest BCUT2D eigenvalue weighted by Crippen LogP contribution is 2.44. The Labute approximate surface area is 404 Å². The summed E-state index contributed by atoms with van der Waals surface area (Å²) < 4.78 is 38.1. The molecule has 2 aromatic carbocycles. The second kappa shape index (κ2) is 21.4. The van der Waals surface area contributed by atoms with Crippen LogP contribution in [0, 0.1) is 40.9 Å². The fourth-order valence-corrected chi connectivity index (χ4v) is 11.8. The van der Waals surface area contributed by atoms with Crippen LogP contribution in [0.2, 0.25) is 0 Å². The highest BCUT2D eigenvalue weighted by atomic mass is 32.1. The topological polar surface area (TPSA) is 170 Å². The number of aliphatic hydroxyl groups is 1. The number of esters is 1. The first kappa shape index (κ1) is 50.9. The van der Waals surface area contributed by atoms with Crippen LogP contribution < -0.4 is 0 Å². The fraction of sp³-hybridized carbons (Fsp3) is 0.566. The van der Waals surface area contributed by atoms with Gasteiger partial charge in [-0.1, -0.05) is 82.0 Å². The predicted molar refractivity (Wildman–Crippen MR) is 262 cm³/mol. The molecule has 0 spiro atoms. The SMILES string of the molecule is CC[C@@H]1OC(=O)[C@H](C)C(=O)[C@H](C)[C@@H](O[C@@H]2O[C@H](C)C[C@H](N(C)C)[C@H]2O)[C@@](C)(OCC#Cc2ccc(CC(=N)O/C=C/c3cccc4ccccc34)s2)C[C@@H](C)C2=NCCN3C(=O)O[C@@]1(C)[C@H]3[C@@H]2C. The van der Waals surface area contributed by atoms with E-state index in [0.29, 0.717) is 32.4 Å². The number of fused-ring (bicyclic) bond motifs is 2. The zero-order valence-corrected chi connectivity index (χ0v) is 41.8. The lowest BCUT2D eigenvalue weighted by Gasteiger charge is -2.47. The van der Waals surface area contributed by atoms with Crippen molar-refractivity contribution in [2.75, 3.05) is 33.8 Å². The van der Waals surface area contributed by atoms with Gasteiger partial charge in [-0.3, -0.25) is 24.9 Å². The van der Waals surface area contributed by atoms with Gasteiger partial charge in [0.2, 0.25) is 0 Å². The second-order valence-electron chi connectivity index (χ2n) is 19.5. The number of ether oxygens (including phenoxy) is 6. The molecule has 0 radical (unpaired) electrons. The van der Waals surface area contributed by atoms with Gasteiger partial charge in [-0.25, -0.2) is 4.79 Å². The molecular formula is C53H68N4O10S. The zero-order valence-electron chi connectivity index (χ0n) is 41.0. The van der Waals surface area contributed by atoms with Crippen LogP contribution in [0.25, 0.3) is 16.8 Å². The Morgan fingerprint density at radius 1 is 1.04 bits per heavy atom. The van der Waals surface area contributed by atoms with Gasteiger partial charge in [0.15, 0.2) is 23.6 Å². The molecule has 13 atom stereocenters. The Kier molecular flexibility index (Phi) is 16.0. The summed E-state index contributed by atoms with van der Waals surface area (Å²) in [6.07, 6.45) is 0.0541. The number of cyclic esters (lactones) is 1. The molecule has 1 aromatic heterocycles. The Bertz CT molecular complexity index is 2450. The van der Waals surface area contributed by atoms with E-state index < -0.39 is 71.5 Å². The summed E-state index contributed by atoms with van der Waals surface area (Å²) in [5.41, 5.74) is -0.663. The minimum Gasteiger partial charge on any atom is -0.458 e. The molecule has 5 heterocycles. The molecule has 14 nitrogen and oxygen atoms in total. The quantitative estimate of drug-likeness (QED) is 0.0506. The molecule has 68 heavy (non-hydrogen) atoms. The first-order valence-corrected chi connectivity index (χ1v) is 24.7. The standard InChI is InChI=1S/C53H68N4O10S/c1-11-42-53(8)47-33(4)44(55-24-25-57(47)51(61)67-53)31(2)30-52(7,48(34(5)45(58)35(6)49(60)65-42)66-50-46(59)41(56(9)10)28-32(3)64-50)63-26-15-19-38-21-22-39(68-38)29-43(54)62-27-23-37-18-14-17-36-16-12-13-20-40(36)37/h12-14,16-18,20-23,27,31-35,41-42,46-48,50,54,59H,11,24-26,28-30H2,1-10H3/b27-23+,54-43?/t31-,32-,33-,34+,35-,41+,42+,46-,47-,48-,50+,52+,53-/m1/s1. The third-order valence-corrected chi connectivity index (χ3v) is 15.3. The molecule has 0 unspecified atom stereocenters. The van der Waals surface area contributed by atoms with E-state index in [2.05, 4.69) is 37.0 Å². The Morgan fingerprint density at radius 2 is 1.79 bits per heavy atom. The largest absolute Gasteiger partial charge is 0.458 e. The Balaban J connectivity index is 1.16. The number of thiophene rings is 1. The molecule has 2 N–H and O–H groups in total. The summed E-state index contributed by atoms with van der Waals surface area (Å²) in [6.45, 7) is 15.4. The number of hydrogen-bond acceptors (Lipinski definition) is 14. The van der Waals surface area contributed by atoms with E-state index in [0.717, 1.165) is 31.8 Å². The van der Waals surface area contributed by atoms with Crippen molar-refractivity contribution in [2.24, 2.45) is 28.7 Å². The monoisotopic (exact) mass is 952 g/mol. The van der Waals surface area contributed by atoms with Gasteiger partial charge in [0.1, 0.15) is 24.7 Å². The van der Waals surface area contributed by atoms with Crippen molar-refractivity contribution in [1.29, 1.82) is 5.41 Å². The number of ketones is 1. The number of likely N-dealkylation sites (N-methyl/N-ethyl adjacent to an activating group) is 1. The predicted octanol–water partition coefficient (Wildman–Crippen LogP) is 7.92. The summed E-state index contributed by atoms with van der Waals surface area (Å²) >= 11 is 1.45. The lowest BCUT2D eigenvalue weighted by Crippen LogP contribution is -2.60. The zero-order chi connectivity index (χ0) is 49.1. The van der Waals surface area contributed by atoms with Gasteiger partial charge in [-0.15, -0.1) is 11.3 Å². The third-order valence-electron chi connectivity index (χ3n) is 14.3. The molecule has 3 saturated heterocycles. The van der Waals surface area contributed by atoms with Gasteiger partial charge in [-0.2, -0.15) is 0 Å². The van der Waals surface area contributed by atoms with Crippen LogP contribution >= 0.6 is 11.3 Å². The number of aliphatic imine (C=N–C) groups is 1. The minimum absolute atomic E-state index is 0.0610. The molecule has 4 aliphatic heterocycles. The number of carbonyl (C=O) groups is 3.